The van der Waals surface area contributed by atoms with Crippen LogP contribution in [0.25, 0.3) is 0 Å². The molecule has 0 aliphatic rings. The molecule has 23 heavy (non-hydrogen) atoms. The number of alkyl halides is 3. The molecule has 0 amide bonds. The summed E-state index contributed by atoms with van der Waals surface area (Å²) >= 11 is 11.6. The molecule has 0 unspecified atom stereocenters. The Labute approximate surface area is 141 Å². The maximum absolute atomic E-state index is 12.7. The number of nitrogens with one attached hydrogen (secondary N) is 1. The van der Waals surface area contributed by atoms with Gasteiger partial charge in [-0.25, -0.2) is 13.1 Å². The fourth-order valence-corrected chi connectivity index (χ4v) is 3.45. The van der Waals surface area contributed by atoms with E-state index in [1.165, 1.54) is 18.2 Å². The Bertz CT molecular complexity index is 803. The molecule has 1 N–H and O–H groups in total. The molecule has 2 aromatic carbocycles. The van der Waals surface area contributed by atoms with Gasteiger partial charge in [0.2, 0.25) is 10.0 Å². The first-order valence-electron chi connectivity index (χ1n) is 6.20. The van der Waals surface area contributed by atoms with Gasteiger partial charge in [0, 0.05) is 16.6 Å². The summed E-state index contributed by atoms with van der Waals surface area (Å²) < 4.78 is 64.4. The van der Waals surface area contributed by atoms with Crippen molar-refractivity contribution < 1.29 is 21.6 Å². The lowest BCUT2D eigenvalue weighted by Crippen LogP contribution is -2.23. The average molecular weight is 384 g/mol. The topological polar surface area (TPSA) is 46.2 Å². The van der Waals surface area contributed by atoms with Crippen molar-refractivity contribution >= 4 is 33.2 Å². The molecule has 0 heterocycles. The van der Waals surface area contributed by atoms with Crippen molar-refractivity contribution in [3.8, 4) is 0 Å². The van der Waals surface area contributed by atoms with Gasteiger partial charge in [0.1, 0.15) is 0 Å². The number of hydrogen-bond donors (Lipinski definition) is 1. The molecule has 0 radical (unpaired) electrons. The number of hydrogen-bond acceptors (Lipinski definition) is 2. The molecule has 0 atom stereocenters. The minimum Gasteiger partial charge on any atom is -0.207 e. The lowest BCUT2D eigenvalue weighted by atomic mass is 10.2. The molecule has 0 fully saturated rings. The zero-order chi connectivity index (χ0) is 17.3. The molecule has 0 bridgehead atoms. The highest BCUT2D eigenvalue weighted by Crippen LogP contribution is 2.30. The second-order valence-electron chi connectivity index (χ2n) is 4.63. The van der Waals surface area contributed by atoms with E-state index in [0.717, 1.165) is 18.2 Å². The maximum atomic E-state index is 12.7. The molecule has 0 saturated heterocycles. The summed E-state index contributed by atoms with van der Waals surface area (Å²) in [6.07, 6.45) is -4.62. The fourth-order valence-electron chi connectivity index (χ4n) is 1.81. The Kier molecular flexibility index (Phi) is 5.25. The molecule has 124 valence electrons. The van der Waals surface area contributed by atoms with Crippen molar-refractivity contribution in [2.45, 2.75) is 17.6 Å². The molecule has 2 aromatic rings. The molecule has 3 nitrogen and oxygen atoms in total. The van der Waals surface area contributed by atoms with Gasteiger partial charge in [-0.2, -0.15) is 13.2 Å². The van der Waals surface area contributed by atoms with Crippen LogP contribution in [0, 0.1) is 0 Å². The van der Waals surface area contributed by atoms with Crippen LogP contribution in [0.1, 0.15) is 11.1 Å². The van der Waals surface area contributed by atoms with Crippen LogP contribution in [-0.4, -0.2) is 8.42 Å². The van der Waals surface area contributed by atoms with E-state index in [2.05, 4.69) is 4.72 Å². The van der Waals surface area contributed by atoms with Gasteiger partial charge in [0.15, 0.2) is 0 Å². The lowest BCUT2D eigenvalue weighted by molar-refractivity contribution is -0.137. The second-order valence-corrected chi connectivity index (χ2v) is 7.27. The highest BCUT2D eigenvalue weighted by molar-refractivity contribution is 7.89. The van der Waals surface area contributed by atoms with E-state index in [1.54, 1.807) is 0 Å². The van der Waals surface area contributed by atoms with Crippen LogP contribution in [-0.2, 0) is 22.7 Å². The lowest BCUT2D eigenvalue weighted by Gasteiger charge is -2.10. The van der Waals surface area contributed by atoms with E-state index in [9.17, 15) is 21.6 Å². The largest absolute Gasteiger partial charge is 0.416 e. The first kappa shape index (κ1) is 18.1. The summed E-state index contributed by atoms with van der Waals surface area (Å²) in [4.78, 5) is -0.472. The molecular weight excluding hydrogens is 374 g/mol. The minimum absolute atomic E-state index is 0.154. The summed E-state index contributed by atoms with van der Waals surface area (Å²) in [5.41, 5.74) is -0.552. The van der Waals surface area contributed by atoms with Crippen LogP contribution in [0.2, 0.25) is 10.0 Å². The van der Waals surface area contributed by atoms with Crippen LogP contribution in [0.5, 0.6) is 0 Å². The van der Waals surface area contributed by atoms with E-state index < -0.39 is 26.7 Å². The Morgan fingerprint density at radius 3 is 2.17 bits per heavy atom. The van der Waals surface area contributed by atoms with E-state index >= 15 is 0 Å². The van der Waals surface area contributed by atoms with Crippen LogP contribution in [0.15, 0.2) is 47.4 Å². The molecule has 2 rings (SSSR count). The van der Waals surface area contributed by atoms with Gasteiger partial charge < -0.3 is 0 Å². The van der Waals surface area contributed by atoms with Crippen molar-refractivity contribution in [2.24, 2.45) is 0 Å². The zero-order valence-electron chi connectivity index (χ0n) is 11.4. The first-order valence-corrected chi connectivity index (χ1v) is 8.44. The Balaban J connectivity index is 2.22. The molecule has 0 spiro atoms. The highest BCUT2D eigenvalue weighted by atomic mass is 35.5. The number of benzene rings is 2. The van der Waals surface area contributed by atoms with E-state index in [4.69, 9.17) is 23.2 Å². The summed E-state index contributed by atoms with van der Waals surface area (Å²) in [6, 6.07) is 7.98. The monoisotopic (exact) mass is 383 g/mol. The number of sulfonamides is 1. The van der Waals surface area contributed by atoms with Crippen LogP contribution >= 0.6 is 23.2 Å². The summed E-state index contributed by atoms with van der Waals surface area (Å²) in [5.74, 6) is 0. The Morgan fingerprint density at radius 2 is 1.61 bits per heavy atom. The Morgan fingerprint density at radius 1 is 1.00 bits per heavy atom. The summed E-state index contributed by atoms with van der Waals surface area (Å²) in [6.45, 7) is -0.154. The third kappa shape index (κ3) is 4.84. The van der Waals surface area contributed by atoms with Gasteiger partial charge in [-0.3, -0.25) is 0 Å². The van der Waals surface area contributed by atoms with Gasteiger partial charge in [-0.05, 0) is 42.0 Å². The fraction of sp³-hybridized carbons (Fsp3) is 0.143. The van der Waals surface area contributed by atoms with Gasteiger partial charge >= 0.3 is 6.18 Å². The molecular formula is C14H10Cl2F3NO2S. The number of rotatable bonds is 4. The first-order chi connectivity index (χ1) is 10.6. The maximum Gasteiger partial charge on any atom is 0.416 e. The normalized spacial score (nSPS) is 12.4. The van der Waals surface area contributed by atoms with E-state index in [1.807, 2.05) is 0 Å². The molecule has 0 aromatic heterocycles. The second kappa shape index (κ2) is 6.68. The van der Waals surface area contributed by atoms with Crippen molar-refractivity contribution in [3.05, 3.63) is 63.6 Å². The van der Waals surface area contributed by atoms with Crippen LogP contribution < -0.4 is 4.72 Å². The van der Waals surface area contributed by atoms with Crippen molar-refractivity contribution in [1.29, 1.82) is 0 Å². The zero-order valence-corrected chi connectivity index (χ0v) is 13.7. The van der Waals surface area contributed by atoms with Gasteiger partial charge in [-0.1, -0.05) is 29.3 Å². The van der Waals surface area contributed by atoms with Crippen molar-refractivity contribution in [2.75, 3.05) is 0 Å². The van der Waals surface area contributed by atoms with Crippen molar-refractivity contribution in [3.63, 3.8) is 0 Å². The average Bonchev–Trinajstić information content (AvgIpc) is 2.44. The molecule has 0 aliphatic heterocycles. The molecule has 9 heteroatoms. The molecule has 0 saturated carbocycles. The number of halogens is 5. The summed E-state index contributed by atoms with van der Waals surface area (Å²) in [5, 5.41) is 0.650. The minimum atomic E-state index is -4.62. The standard InChI is InChI=1S/C14H10Cl2F3NO2S/c15-11-4-9(5-12(16)7-11)8-20-23(21,22)13-3-1-2-10(6-13)14(17,18)19/h1-7,20H,8H2. The highest BCUT2D eigenvalue weighted by Gasteiger charge is 2.31. The Hall–Kier alpha value is -1.28. The third-order valence-corrected chi connectivity index (χ3v) is 4.70. The van der Waals surface area contributed by atoms with E-state index in [-0.39, 0.29) is 6.54 Å². The summed E-state index contributed by atoms with van der Waals surface area (Å²) in [7, 11) is -4.10. The SMILES string of the molecule is O=S(=O)(NCc1cc(Cl)cc(Cl)c1)c1cccc(C(F)(F)F)c1. The quantitative estimate of drug-likeness (QED) is 0.845. The predicted molar refractivity (Wildman–Crippen MR) is 81.9 cm³/mol. The van der Waals surface area contributed by atoms with Crippen LogP contribution in [0.4, 0.5) is 13.2 Å². The smallest absolute Gasteiger partial charge is 0.207 e. The van der Waals surface area contributed by atoms with Crippen molar-refractivity contribution in [1.82, 2.24) is 4.72 Å². The van der Waals surface area contributed by atoms with Gasteiger partial charge in [0.25, 0.3) is 0 Å². The van der Waals surface area contributed by atoms with Crippen LogP contribution in [0.3, 0.4) is 0 Å². The van der Waals surface area contributed by atoms with Gasteiger partial charge in [0.05, 0.1) is 10.5 Å². The third-order valence-electron chi connectivity index (χ3n) is 2.86. The van der Waals surface area contributed by atoms with E-state index in [0.29, 0.717) is 21.7 Å². The molecule has 0 aliphatic carbocycles. The predicted octanol–water partition coefficient (Wildman–Crippen LogP) is 4.49. The van der Waals surface area contributed by atoms with Gasteiger partial charge in [-0.15, -0.1) is 0 Å².